The van der Waals surface area contributed by atoms with Crippen molar-refractivity contribution in [3.63, 3.8) is 0 Å². The summed E-state index contributed by atoms with van der Waals surface area (Å²) in [5.74, 6) is -0.262. The minimum Gasteiger partial charge on any atom is -0.387 e. The first-order valence-electron chi connectivity index (χ1n) is 13.1. The van der Waals surface area contributed by atoms with Crippen LogP contribution in [0.25, 0.3) is 0 Å². The van der Waals surface area contributed by atoms with Crippen molar-refractivity contribution in [2.45, 2.75) is 41.3 Å². The predicted molar refractivity (Wildman–Crippen MR) is 154 cm³/mol. The third-order valence-electron chi connectivity index (χ3n) is 7.07. The molecule has 0 amide bonds. The number of rotatable bonds is 9. The van der Waals surface area contributed by atoms with E-state index in [9.17, 15) is 4.39 Å². The lowest BCUT2D eigenvalue weighted by Gasteiger charge is -2.36. The van der Waals surface area contributed by atoms with Gasteiger partial charge in [-0.15, -0.1) is 0 Å². The van der Waals surface area contributed by atoms with Crippen LogP contribution in [0.15, 0.2) is 118 Å². The molecular weight excluding hydrogens is 509 g/mol. The minimum absolute atomic E-state index is 0.248. The summed E-state index contributed by atoms with van der Waals surface area (Å²) in [6.45, 7) is 3.20. The fraction of sp³-hybridized carbons (Fsp3) is 0.242. The van der Waals surface area contributed by atoms with Gasteiger partial charge in [-0.2, -0.15) is 0 Å². The van der Waals surface area contributed by atoms with Gasteiger partial charge in [-0.1, -0.05) is 89.7 Å². The first kappa shape index (κ1) is 27.1. The van der Waals surface area contributed by atoms with E-state index in [0.717, 1.165) is 37.8 Å². The van der Waals surface area contributed by atoms with Crippen molar-refractivity contribution in [3.8, 4) is 0 Å². The van der Waals surface area contributed by atoms with Crippen LogP contribution in [-0.2, 0) is 19.9 Å². The number of methoxy groups -OCH3 is 1. The number of hydrogen-bond donors (Lipinski definition) is 0. The molecule has 4 aromatic carbocycles. The average Bonchev–Trinajstić information content (AvgIpc) is 2.99. The maximum absolute atomic E-state index is 14.6. The molecule has 1 aliphatic rings. The van der Waals surface area contributed by atoms with E-state index in [1.165, 1.54) is 11.8 Å². The first-order chi connectivity index (χ1) is 19.1. The van der Waals surface area contributed by atoms with Gasteiger partial charge in [0.2, 0.25) is 0 Å². The van der Waals surface area contributed by atoms with Crippen molar-refractivity contribution < 1.29 is 18.7 Å². The lowest BCUT2D eigenvalue weighted by atomic mass is 9.86. The molecule has 0 bridgehead atoms. The van der Waals surface area contributed by atoms with Crippen LogP contribution < -0.4 is 0 Å². The van der Waals surface area contributed by atoms with Crippen LogP contribution in [0.5, 0.6) is 0 Å². The number of halogens is 1. The third kappa shape index (κ3) is 6.59. The Balaban J connectivity index is 1.30. The van der Waals surface area contributed by atoms with Crippen LogP contribution in [0, 0.1) is 5.82 Å². The number of oxime groups is 1. The highest BCUT2D eigenvalue weighted by molar-refractivity contribution is 7.99. The van der Waals surface area contributed by atoms with Crippen LogP contribution >= 0.6 is 11.8 Å². The van der Waals surface area contributed by atoms with Crippen LogP contribution in [0.4, 0.5) is 4.39 Å². The van der Waals surface area contributed by atoms with E-state index in [4.69, 9.17) is 14.3 Å². The quantitative estimate of drug-likeness (QED) is 0.158. The molecule has 4 aromatic rings. The molecule has 0 saturated carbocycles. The first-order valence-corrected chi connectivity index (χ1v) is 13.9. The summed E-state index contributed by atoms with van der Waals surface area (Å²) in [7, 11) is 1.69. The van der Waals surface area contributed by atoms with Gasteiger partial charge in [-0.25, -0.2) is 4.39 Å². The number of hydrogen-bond acceptors (Lipinski definition) is 5. The Morgan fingerprint density at radius 2 is 1.46 bits per heavy atom. The van der Waals surface area contributed by atoms with Gasteiger partial charge in [-0.05, 0) is 48.4 Å². The molecule has 1 fully saturated rings. The fourth-order valence-corrected chi connectivity index (χ4v) is 5.70. The number of benzene rings is 4. The molecule has 6 heteroatoms. The van der Waals surface area contributed by atoms with Crippen LogP contribution in [-0.4, -0.2) is 26.0 Å². The van der Waals surface area contributed by atoms with Gasteiger partial charge in [0.05, 0.1) is 5.60 Å². The van der Waals surface area contributed by atoms with Gasteiger partial charge < -0.3 is 14.3 Å². The molecule has 1 aliphatic heterocycles. The summed E-state index contributed by atoms with van der Waals surface area (Å²) >= 11 is 1.53. The smallest absolute Gasteiger partial charge is 0.149 e. The molecule has 200 valence electrons. The molecule has 1 atom stereocenters. The SMILES string of the molecule is COC1(c2cc(F)cc(Sc3ccc(C(C)ON=C(c4ccccc4)c4ccccc4)cc3)c2)CCOCC1. The monoisotopic (exact) mass is 541 g/mol. The van der Waals surface area contributed by atoms with Crippen molar-refractivity contribution in [2.75, 3.05) is 20.3 Å². The number of ether oxygens (including phenoxy) is 2. The Morgan fingerprint density at radius 1 is 0.846 bits per heavy atom. The van der Waals surface area contributed by atoms with Gasteiger partial charge in [0.15, 0.2) is 0 Å². The molecule has 0 spiro atoms. The van der Waals surface area contributed by atoms with Gasteiger partial charge in [0.1, 0.15) is 17.6 Å². The second-order valence-electron chi connectivity index (χ2n) is 9.58. The normalized spacial score (nSPS) is 15.4. The third-order valence-corrected chi connectivity index (χ3v) is 8.05. The van der Waals surface area contributed by atoms with Crippen molar-refractivity contribution in [3.05, 3.63) is 131 Å². The Hall–Kier alpha value is -3.45. The maximum atomic E-state index is 14.6. The van der Waals surface area contributed by atoms with E-state index < -0.39 is 5.60 Å². The maximum Gasteiger partial charge on any atom is 0.149 e. The summed E-state index contributed by atoms with van der Waals surface area (Å²) in [6.07, 6.45) is 1.17. The second-order valence-corrected chi connectivity index (χ2v) is 10.7. The van der Waals surface area contributed by atoms with Crippen molar-refractivity contribution >= 4 is 17.5 Å². The molecule has 39 heavy (non-hydrogen) atoms. The lowest BCUT2D eigenvalue weighted by molar-refractivity contribution is -0.0950. The topological polar surface area (TPSA) is 40.0 Å². The summed E-state index contributed by atoms with van der Waals surface area (Å²) in [4.78, 5) is 7.84. The zero-order valence-corrected chi connectivity index (χ0v) is 23.0. The molecule has 1 saturated heterocycles. The van der Waals surface area contributed by atoms with Crippen LogP contribution in [0.2, 0.25) is 0 Å². The molecular formula is C33H32FNO3S. The standard InChI is InChI=1S/C33H32FNO3S/c1-24(38-35-32(26-9-5-3-6-10-26)27-11-7-4-8-12-27)25-13-15-30(16-14-25)39-31-22-28(21-29(34)23-31)33(36-2)17-19-37-20-18-33/h3-16,21-24H,17-20H2,1-2H3. The van der Waals surface area contributed by atoms with E-state index in [1.807, 2.05) is 97.9 Å². The zero-order chi connectivity index (χ0) is 27.1. The van der Waals surface area contributed by atoms with E-state index >= 15 is 0 Å². The number of nitrogens with zero attached hydrogens (tertiary/aromatic N) is 1. The highest BCUT2D eigenvalue weighted by Crippen LogP contribution is 2.39. The molecule has 1 unspecified atom stereocenters. The van der Waals surface area contributed by atoms with E-state index in [2.05, 4.69) is 5.16 Å². The molecule has 0 radical (unpaired) electrons. The van der Waals surface area contributed by atoms with E-state index in [-0.39, 0.29) is 11.9 Å². The highest BCUT2D eigenvalue weighted by atomic mass is 32.2. The lowest BCUT2D eigenvalue weighted by Crippen LogP contribution is -2.35. The summed E-state index contributed by atoms with van der Waals surface area (Å²) < 4.78 is 26.0. The zero-order valence-electron chi connectivity index (χ0n) is 22.2. The molecule has 1 heterocycles. The summed E-state index contributed by atoms with van der Waals surface area (Å²) in [5, 5.41) is 4.56. The Bertz CT molecular complexity index is 1350. The van der Waals surface area contributed by atoms with Gasteiger partial charge in [0, 0.05) is 54.1 Å². The summed E-state index contributed by atoms with van der Waals surface area (Å²) in [6, 6.07) is 33.4. The molecule has 0 N–H and O–H groups in total. The van der Waals surface area contributed by atoms with Gasteiger partial charge in [-0.3, -0.25) is 0 Å². The van der Waals surface area contributed by atoms with Crippen LogP contribution in [0.3, 0.4) is 0 Å². The fourth-order valence-electron chi connectivity index (χ4n) is 4.80. The minimum atomic E-state index is -0.509. The van der Waals surface area contributed by atoms with Crippen molar-refractivity contribution in [1.82, 2.24) is 0 Å². The van der Waals surface area contributed by atoms with Gasteiger partial charge >= 0.3 is 0 Å². The van der Waals surface area contributed by atoms with Crippen LogP contribution in [0.1, 0.15) is 48.1 Å². The predicted octanol–water partition coefficient (Wildman–Crippen LogP) is 8.16. The van der Waals surface area contributed by atoms with E-state index in [1.54, 1.807) is 19.2 Å². The highest BCUT2D eigenvalue weighted by Gasteiger charge is 2.35. The summed E-state index contributed by atoms with van der Waals surface area (Å²) in [5.41, 5.74) is 4.13. The Labute approximate surface area is 233 Å². The molecule has 0 aromatic heterocycles. The van der Waals surface area contributed by atoms with Crippen molar-refractivity contribution in [1.29, 1.82) is 0 Å². The van der Waals surface area contributed by atoms with Gasteiger partial charge in [0.25, 0.3) is 0 Å². The van der Waals surface area contributed by atoms with E-state index in [0.29, 0.717) is 26.1 Å². The van der Waals surface area contributed by atoms with Crippen molar-refractivity contribution in [2.24, 2.45) is 5.16 Å². The second kappa shape index (κ2) is 12.6. The molecule has 4 nitrogen and oxygen atoms in total. The molecule has 5 rings (SSSR count). The Kier molecular flexibility index (Phi) is 8.77. The largest absolute Gasteiger partial charge is 0.387 e. The average molecular weight is 542 g/mol. The Morgan fingerprint density at radius 3 is 2.05 bits per heavy atom. The molecule has 0 aliphatic carbocycles.